The zero-order valence-corrected chi connectivity index (χ0v) is 13.4. The van der Waals surface area contributed by atoms with Gasteiger partial charge in [-0.15, -0.1) is 0 Å². The van der Waals surface area contributed by atoms with E-state index in [1.165, 1.54) is 5.56 Å². The standard InChI is InChI=1S/C17H19BrO2/c1-3-13-7-9-14(10-8-13)12-20-17-15(11-18)5-4-6-16(17)19-2/h4-10H,3,11-12H2,1-2H3. The molecule has 0 atom stereocenters. The topological polar surface area (TPSA) is 18.5 Å². The molecule has 0 saturated carbocycles. The maximum atomic E-state index is 5.95. The van der Waals surface area contributed by atoms with E-state index in [0.717, 1.165) is 34.4 Å². The normalized spacial score (nSPS) is 10.3. The molecule has 3 heteroatoms. The van der Waals surface area contributed by atoms with Crippen molar-refractivity contribution in [3.8, 4) is 11.5 Å². The fraction of sp³-hybridized carbons (Fsp3) is 0.294. The molecule has 2 aromatic rings. The molecule has 0 aliphatic carbocycles. The number of methoxy groups -OCH3 is 1. The Balaban J connectivity index is 2.13. The van der Waals surface area contributed by atoms with Gasteiger partial charge in [-0.2, -0.15) is 0 Å². The SMILES string of the molecule is CCc1ccc(COc2c(CBr)cccc2OC)cc1. The van der Waals surface area contributed by atoms with Gasteiger partial charge < -0.3 is 9.47 Å². The molecule has 106 valence electrons. The summed E-state index contributed by atoms with van der Waals surface area (Å²) in [5, 5.41) is 0.744. The minimum absolute atomic E-state index is 0.546. The van der Waals surface area contributed by atoms with Gasteiger partial charge in [-0.25, -0.2) is 0 Å². The van der Waals surface area contributed by atoms with Gasteiger partial charge in [-0.05, 0) is 23.6 Å². The molecule has 2 nitrogen and oxygen atoms in total. The predicted octanol–water partition coefficient (Wildman–Crippen LogP) is 4.73. The number of hydrogen-bond donors (Lipinski definition) is 0. The van der Waals surface area contributed by atoms with Crippen LogP contribution in [0.5, 0.6) is 11.5 Å². The highest BCUT2D eigenvalue weighted by Gasteiger charge is 2.09. The number of para-hydroxylation sites is 1. The van der Waals surface area contributed by atoms with Gasteiger partial charge in [0.05, 0.1) is 7.11 Å². The van der Waals surface area contributed by atoms with Crippen LogP contribution in [0.2, 0.25) is 0 Å². The van der Waals surface area contributed by atoms with Gasteiger partial charge in [0.1, 0.15) is 6.61 Å². The Morgan fingerprint density at radius 2 is 1.70 bits per heavy atom. The van der Waals surface area contributed by atoms with Gasteiger partial charge in [-0.1, -0.05) is 59.3 Å². The number of ether oxygens (including phenoxy) is 2. The summed E-state index contributed by atoms with van der Waals surface area (Å²) < 4.78 is 11.3. The summed E-state index contributed by atoms with van der Waals surface area (Å²) in [6, 6.07) is 14.4. The molecule has 0 amide bonds. The van der Waals surface area contributed by atoms with E-state index >= 15 is 0 Å². The Bertz CT molecular complexity index is 527. The van der Waals surface area contributed by atoms with Crippen LogP contribution in [0.1, 0.15) is 23.6 Å². The minimum Gasteiger partial charge on any atom is -0.493 e. The second kappa shape index (κ2) is 7.34. The zero-order valence-electron chi connectivity index (χ0n) is 11.9. The number of halogens is 1. The second-order valence-corrected chi connectivity index (χ2v) is 5.10. The van der Waals surface area contributed by atoms with E-state index in [1.54, 1.807) is 7.11 Å². The van der Waals surface area contributed by atoms with Crippen molar-refractivity contribution in [3.05, 3.63) is 59.2 Å². The van der Waals surface area contributed by atoms with Gasteiger partial charge in [0, 0.05) is 10.9 Å². The van der Waals surface area contributed by atoms with E-state index in [2.05, 4.69) is 47.1 Å². The number of aryl methyl sites for hydroxylation is 1. The first kappa shape index (κ1) is 14.9. The van der Waals surface area contributed by atoms with Crippen molar-refractivity contribution in [3.63, 3.8) is 0 Å². The van der Waals surface area contributed by atoms with E-state index in [-0.39, 0.29) is 0 Å². The lowest BCUT2D eigenvalue weighted by molar-refractivity contribution is 0.282. The summed E-state index contributed by atoms with van der Waals surface area (Å²) >= 11 is 3.48. The highest BCUT2D eigenvalue weighted by Crippen LogP contribution is 2.33. The largest absolute Gasteiger partial charge is 0.493 e. The fourth-order valence-electron chi connectivity index (χ4n) is 2.02. The molecule has 0 unspecified atom stereocenters. The Hall–Kier alpha value is -1.48. The maximum Gasteiger partial charge on any atom is 0.165 e. The minimum atomic E-state index is 0.546. The molecule has 0 N–H and O–H groups in total. The van der Waals surface area contributed by atoms with E-state index in [4.69, 9.17) is 9.47 Å². The first-order valence-electron chi connectivity index (χ1n) is 6.71. The molecule has 0 bridgehead atoms. The van der Waals surface area contributed by atoms with Crippen molar-refractivity contribution in [1.29, 1.82) is 0 Å². The van der Waals surface area contributed by atoms with Crippen LogP contribution in [-0.2, 0) is 18.4 Å². The van der Waals surface area contributed by atoms with Crippen LogP contribution in [0.4, 0.5) is 0 Å². The van der Waals surface area contributed by atoms with Gasteiger partial charge in [0.25, 0.3) is 0 Å². The Labute approximate surface area is 128 Å². The fourth-order valence-corrected chi connectivity index (χ4v) is 2.46. The lowest BCUT2D eigenvalue weighted by Gasteiger charge is -2.14. The third-order valence-corrected chi connectivity index (χ3v) is 3.84. The van der Waals surface area contributed by atoms with Crippen molar-refractivity contribution >= 4 is 15.9 Å². The Kier molecular flexibility index (Phi) is 5.48. The Morgan fingerprint density at radius 3 is 2.30 bits per heavy atom. The quantitative estimate of drug-likeness (QED) is 0.711. The van der Waals surface area contributed by atoms with Crippen LogP contribution < -0.4 is 9.47 Å². The van der Waals surface area contributed by atoms with Gasteiger partial charge in [0.2, 0.25) is 0 Å². The summed E-state index contributed by atoms with van der Waals surface area (Å²) in [4.78, 5) is 0. The predicted molar refractivity (Wildman–Crippen MR) is 85.8 cm³/mol. The van der Waals surface area contributed by atoms with E-state index in [0.29, 0.717) is 6.61 Å². The molecule has 0 aromatic heterocycles. The summed E-state index contributed by atoms with van der Waals surface area (Å²) in [6.07, 6.45) is 1.06. The average Bonchev–Trinajstić information content (AvgIpc) is 2.52. The number of alkyl halides is 1. The Morgan fingerprint density at radius 1 is 1.00 bits per heavy atom. The lowest BCUT2D eigenvalue weighted by Crippen LogP contribution is -2.00. The van der Waals surface area contributed by atoms with Gasteiger partial charge >= 0.3 is 0 Å². The molecule has 2 aromatic carbocycles. The highest BCUT2D eigenvalue weighted by atomic mass is 79.9. The molecule has 20 heavy (non-hydrogen) atoms. The van der Waals surface area contributed by atoms with Crippen LogP contribution in [0.25, 0.3) is 0 Å². The van der Waals surface area contributed by atoms with Crippen molar-refractivity contribution < 1.29 is 9.47 Å². The van der Waals surface area contributed by atoms with Crippen molar-refractivity contribution in [1.82, 2.24) is 0 Å². The first-order chi connectivity index (χ1) is 9.78. The van der Waals surface area contributed by atoms with Crippen molar-refractivity contribution in [2.45, 2.75) is 25.3 Å². The molecule has 0 spiro atoms. The summed E-state index contributed by atoms with van der Waals surface area (Å²) in [7, 11) is 1.66. The first-order valence-corrected chi connectivity index (χ1v) is 7.83. The van der Waals surface area contributed by atoms with Crippen LogP contribution in [0.15, 0.2) is 42.5 Å². The van der Waals surface area contributed by atoms with Crippen LogP contribution >= 0.6 is 15.9 Å². The summed E-state index contributed by atoms with van der Waals surface area (Å²) in [6.45, 7) is 2.70. The molecule has 0 fully saturated rings. The monoisotopic (exact) mass is 334 g/mol. The van der Waals surface area contributed by atoms with Crippen molar-refractivity contribution in [2.75, 3.05) is 7.11 Å². The van der Waals surface area contributed by atoms with Crippen LogP contribution in [-0.4, -0.2) is 7.11 Å². The summed E-state index contributed by atoms with van der Waals surface area (Å²) in [5.74, 6) is 1.58. The smallest absolute Gasteiger partial charge is 0.165 e. The second-order valence-electron chi connectivity index (χ2n) is 4.54. The zero-order chi connectivity index (χ0) is 14.4. The summed E-state index contributed by atoms with van der Waals surface area (Å²) in [5.41, 5.74) is 3.59. The molecular weight excluding hydrogens is 316 g/mol. The number of rotatable bonds is 6. The number of benzene rings is 2. The molecular formula is C17H19BrO2. The van der Waals surface area contributed by atoms with Crippen LogP contribution in [0.3, 0.4) is 0 Å². The molecule has 0 aliphatic rings. The third-order valence-electron chi connectivity index (χ3n) is 3.24. The third kappa shape index (κ3) is 3.54. The van der Waals surface area contributed by atoms with E-state index in [1.807, 2.05) is 18.2 Å². The van der Waals surface area contributed by atoms with E-state index < -0.39 is 0 Å². The van der Waals surface area contributed by atoms with E-state index in [9.17, 15) is 0 Å². The highest BCUT2D eigenvalue weighted by molar-refractivity contribution is 9.08. The maximum absolute atomic E-state index is 5.95. The molecule has 0 radical (unpaired) electrons. The van der Waals surface area contributed by atoms with Crippen LogP contribution in [0, 0.1) is 0 Å². The average molecular weight is 335 g/mol. The lowest BCUT2D eigenvalue weighted by atomic mass is 10.1. The van der Waals surface area contributed by atoms with Crippen molar-refractivity contribution in [2.24, 2.45) is 0 Å². The molecule has 0 aliphatic heterocycles. The molecule has 0 saturated heterocycles. The molecule has 0 heterocycles. The van der Waals surface area contributed by atoms with Gasteiger partial charge in [-0.3, -0.25) is 0 Å². The number of hydrogen-bond acceptors (Lipinski definition) is 2. The molecule has 2 rings (SSSR count). The van der Waals surface area contributed by atoms with Gasteiger partial charge in [0.15, 0.2) is 11.5 Å².